The number of benzene rings is 1. The van der Waals surface area contributed by atoms with Gasteiger partial charge >= 0.3 is 0 Å². The molecule has 32 heavy (non-hydrogen) atoms. The van der Waals surface area contributed by atoms with Gasteiger partial charge in [-0.2, -0.15) is 0 Å². The van der Waals surface area contributed by atoms with E-state index in [0.717, 1.165) is 37.3 Å². The standard InChI is InChI=1S/C23H37N5O3S/c1-4-13-28-21-11-10-19(32(30,31)26(2)3)15-20(21)25-23(28)17-27(16-22(24)29)14-12-18-8-6-5-7-9-18/h10-11,15,18H,4-9,12-14,16-17H2,1-3H3,(H2,24,29). The Labute approximate surface area is 191 Å². The van der Waals surface area contributed by atoms with Gasteiger partial charge in [0.2, 0.25) is 15.9 Å². The predicted molar refractivity (Wildman–Crippen MR) is 127 cm³/mol. The third-order valence-corrected chi connectivity index (χ3v) is 8.16. The van der Waals surface area contributed by atoms with Crippen LogP contribution in [-0.2, 0) is 27.9 Å². The van der Waals surface area contributed by atoms with Crippen LogP contribution in [0, 0.1) is 5.92 Å². The minimum Gasteiger partial charge on any atom is -0.369 e. The highest BCUT2D eigenvalue weighted by atomic mass is 32.2. The second-order valence-corrected chi connectivity index (χ2v) is 11.2. The zero-order valence-corrected chi connectivity index (χ0v) is 20.4. The molecule has 2 N–H and O–H groups in total. The number of aryl methyl sites for hydroxylation is 1. The van der Waals surface area contributed by atoms with E-state index < -0.39 is 10.0 Å². The molecule has 0 atom stereocenters. The number of hydrogen-bond acceptors (Lipinski definition) is 5. The summed E-state index contributed by atoms with van der Waals surface area (Å²) in [7, 11) is -0.487. The lowest BCUT2D eigenvalue weighted by Gasteiger charge is -2.26. The topological polar surface area (TPSA) is 102 Å². The highest BCUT2D eigenvalue weighted by Gasteiger charge is 2.22. The summed E-state index contributed by atoms with van der Waals surface area (Å²) in [5.41, 5.74) is 7.11. The normalized spacial score (nSPS) is 15.8. The van der Waals surface area contributed by atoms with Crippen LogP contribution in [0.1, 0.15) is 57.7 Å². The summed E-state index contributed by atoms with van der Waals surface area (Å²) in [5.74, 6) is 1.21. The van der Waals surface area contributed by atoms with Gasteiger partial charge in [-0.1, -0.05) is 39.0 Å². The van der Waals surface area contributed by atoms with Crippen LogP contribution in [0.4, 0.5) is 0 Å². The lowest BCUT2D eigenvalue weighted by Crippen LogP contribution is -2.35. The molecule has 0 saturated heterocycles. The molecule has 0 spiro atoms. The molecule has 1 amide bonds. The third-order valence-electron chi connectivity index (χ3n) is 6.35. The molecule has 1 aliphatic carbocycles. The van der Waals surface area contributed by atoms with Gasteiger partial charge in [0.05, 0.1) is 29.0 Å². The zero-order valence-electron chi connectivity index (χ0n) is 19.6. The first kappa shape index (κ1) is 24.7. The van der Waals surface area contributed by atoms with E-state index in [1.54, 1.807) is 12.1 Å². The smallest absolute Gasteiger partial charge is 0.242 e. The second-order valence-electron chi connectivity index (χ2n) is 9.09. The highest BCUT2D eigenvalue weighted by Crippen LogP contribution is 2.27. The minimum atomic E-state index is -3.53. The van der Waals surface area contributed by atoms with Crippen molar-refractivity contribution in [1.82, 2.24) is 18.8 Å². The minimum absolute atomic E-state index is 0.197. The Balaban J connectivity index is 1.87. The second kappa shape index (κ2) is 10.8. The molecule has 1 aromatic heterocycles. The van der Waals surface area contributed by atoms with E-state index in [4.69, 9.17) is 10.7 Å². The van der Waals surface area contributed by atoms with Gasteiger partial charge in [-0.25, -0.2) is 17.7 Å². The van der Waals surface area contributed by atoms with Gasteiger partial charge in [-0.05, 0) is 43.5 Å². The Morgan fingerprint density at radius 3 is 2.56 bits per heavy atom. The summed E-state index contributed by atoms with van der Waals surface area (Å²) in [6, 6.07) is 5.11. The third kappa shape index (κ3) is 5.88. The summed E-state index contributed by atoms with van der Waals surface area (Å²) in [4.78, 5) is 18.8. The summed E-state index contributed by atoms with van der Waals surface area (Å²) >= 11 is 0. The van der Waals surface area contributed by atoms with Crippen molar-refractivity contribution >= 4 is 27.0 Å². The van der Waals surface area contributed by atoms with Crippen LogP contribution in [0.3, 0.4) is 0 Å². The number of fused-ring (bicyclic) bond motifs is 1. The molecular weight excluding hydrogens is 426 g/mol. The molecular formula is C23H37N5O3S. The first-order valence-corrected chi connectivity index (χ1v) is 13.1. The quantitative estimate of drug-likeness (QED) is 0.552. The first-order valence-electron chi connectivity index (χ1n) is 11.6. The first-order chi connectivity index (χ1) is 15.2. The van der Waals surface area contributed by atoms with Gasteiger partial charge in [0.1, 0.15) is 5.82 Å². The summed E-state index contributed by atoms with van der Waals surface area (Å²) in [5, 5.41) is 0. The molecule has 0 unspecified atom stereocenters. The van der Waals surface area contributed by atoms with Gasteiger partial charge in [0.25, 0.3) is 0 Å². The molecule has 178 valence electrons. The van der Waals surface area contributed by atoms with Gasteiger partial charge < -0.3 is 10.3 Å². The molecule has 0 radical (unpaired) electrons. The summed E-state index contributed by atoms with van der Waals surface area (Å²) < 4.78 is 28.5. The van der Waals surface area contributed by atoms with Crippen molar-refractivity contribution in [2.45, 2.75) is 69.9 Å². The maximum atomic E-state index is 12.6. The lowest BCUT2D eigenvalue weighted by atomic mass is 9.87. The van der Waals surface area contributed by atoms with E-state index >= 15 is 0 Å². The Morgan fingerprint density at radius 2 is 1.94 bits per heavy atom. The maximum Gasteiger partial charge on any atom is 0.242 e. The van der Waals surface area contributed by atoms with Gasteiger partial charge in [-0.3, -0.25) is 9.69 Å². The van der Waals surface area contributed by atoms with Crippen molar-refractivity contribution in [3.05, 3.63) is 24.0 Å². The van der Waals surface area contributed by atoms with Crippen molar-refractivity contribution in [3.8, 4) is 0 Å². The van der Waals surface area contributed by atoms with E-state index in [1.807, 2.05) is 6.07 Å². The van der Waals surface area contributed by atoms with Crippen molar-refractivity contribution in [1.29, 1.82) is 0 Å². The average Bonchev–Trinajstić information content (AvgIpc) is 3.09. The van der Waals surface area contributed by atoms with Gasteiger partial charge in [0.15, 0.2) is 0 Å². The summed E-state index contributed by atoms with van der Waals surface area (Å²) in [6.07, 6.45) is 8.44. The number of amides is 1. The average molecular weight is 464 g/mol. The van der Waals surface area contributed by atoms with E-state index in [9.17, 15) is 13.2 Å². The molecule has 0 aliphatic heterocycles. The van der Waals surface area contributed by atoms with Crippen LogP contribution >= 0.6 is 0 Å². The molecule has 0 bridgehead atoms. The number of rotatable bonds is 11. The van der Waals surface area contributed by atoms with Crippen molar-refractivity contribution in [2.24, 2.45) is 11.7 Å². The molecule has 1 saturated carbocycles. The zero-order chi connectivity index (χ0) is 23.3. The van der Waals surface area contributed by atoms with E-state index in [2.05, 4.69) is 16.4 Å². The largest absolute Gasteiger partial charge is 0.369 e. The molecule has 1 aliphatic rings. The van der Waals surface area contributed by atoms with E-state index in [1.165, 1.54) is 50.5 Å². The van der Waals surface area contributed by atoms with Gasteiger partial charge in [0, 0.05) is 20.6 Å². The fraction of sp³-hybridized carbons (Fsp3) is 0.652. The Hall–Kier alpha value is -1.97. The fourth-order valence-electron chi connectivity index (χ4n) is 4.60. The van der Waals surface area contributed by atoms with Crippen LogP contribution in [0.2, 0.25) is 0 Å². The van der Waals surface area contributed by atoms with Crippen molar-refractivity contribution in [3.63, 3.8) is 0 Å². The van der Waals surface area contributed by atoms with Gasteiger partial charge in [-0.15, -0.1) is 0 Å². The van der Waals surface area contributed by atoms with Crippen molar-refractivity contribution < 1.29 is 13.2 Å². The number of aromatic nitrogens is 2. The number of carbonyl (C=O) groups is 1. The Bertz CT molecular complexity index is 1030. The van der Waals surface area contributed by atoms with Crippen LogP contribution < -0.4 is 5.73 Å². The predicted octanol–water partition coefficient (Wildman–Crippen LogP) is 2.95. The molecule has 1 aromatic carbocycles. The number of carbonyl (C=O) groups excluding carboxylic acids is 1. The molecule has 9 heteroatoms. The fourth-order valence-corrected chi connectivity index (χ4v) is 5.52. The molecule has 1 heterocycles. The number of nitrogens with two attached hydrogens (primary N) is 1. The number of hydrogen-bond donors (Lipinski definition) is 1. The molecule has 2 aromatic rings. The van der Waals surface area contributed by atoms with E-state index in [-0.39, 0.29) is 17.3 Å². The molecule has 8 nitrogen and oxygen atoms in total. The highest BCUT2D eigenvalue weighted by molar-refractivity contribution is 7.89. The van der Waals surface area contributed by atoms with Crippen LogP contribution in [0.5, 0.6) is 0 Å². The Morgan fingerprint density at radius 1 is 1.22 bits per heavy atom. The SMILES string of the molecule is CCCn1c(CN(CCC2CCCCC2)CC(N)=O)nc2cc(S(=O)(=O)N(C)C)ccc21. The van der Waals surface area contributed by atoms with Crippen LogP contribution in [0.25, 0.3) is 11.0 Å². The van der Waals surface area contributed by atoms with Crippen molar-refractivity contribution in [2.75, 3.05) is 27.2 Å². The Kier molecular flexibility index (Phi) is 8.30. The monoisotopic (exact) mass is 463 g/mol. The summed E-state index contributed by atoms with van der Waals surface area (Å²) in [6.45, 7) is 4.40. The van der Waals surface area contributed by atoms with E-state index in [0.29, 0.717) is 18.0 Å². The lowest BCUT2D eigenvalue weighted by molar-refractivity contribution is -0.119. The number of imidazole rings is 1. The molecule has 3 rings (SSSR count). The molecule has 1 fully saturated rings. The number of primary amides is 1. The number of nitrogens with zero attached hydrogens (tertiary/aromatic N) is 4. The number of sulfonamides is 1. The van der Waals surface area contributed by atoms with Crippen LogP contribution in [0.15, 0.2) is 23.1 Å². The maximum absolute atomic E-state index is 12.6. The van der Waals surface area contributed by atoms with Crippen LogP contribution in [-0.4, -0.2) is 60.3 Å².